The first kappa shape index (κ1) is 16.9. The summed E-state index contributed by atoms with van der Waals surface area (Å²) in [5.41, 5.74) is 1.47. The third-order valence-electron chi connectivity index (χ3n) is 5.36. The first-order valence-electron chi connectivity index (χ1n) is 8.89. The number of morpholine rings is 1. The predicted octanol–water partition coefficient (Wildman–Crippen LogP) is 4.37. The van der Waals surface area contributed by atoms with Gasteiger partial charge in [0.15, 0.2) is 0 Å². The average molecular weight is 312 g/mol. The third-order valence-corrected chi connectivity index (χ3v) is 9.04. The van der Waals surface area contributed by atoms with Crippen molar-refractivity contribution in [2.24, 2.45) is 5.92 Å². The number of nitrogens with zero attached hydrogens (tertiary/aromatic N) is 1. The van der Waals surface area contributed by atoms with Crippen molar-refractivity contribution < 1.29 is 9.16 Å². The van der Waals surface area contributed by atoms with E-state index < -0.39 is 8.32 Å². The highest BCUT2D eigenvalue weighted by atomic mass is 28.4. The van der Waals surface area contributed by atoms with E-state index >= 15 is 0 Å². The molecule has 1 heterocycles. The Hall–Kier alpha value is -0.483. The maximum atomic E-state index is 6.39. The predicted molar refractivity (Wildman–Crippen MR) is 90.7 cm³/mol. The molecule has 1 saturated heterocycles. The molecule has 0 amide bonds. The Bertz CT molecular complexity index is 310. The van der Waals surface area contributed by atoms with Crippen LogP contribution in [0, 0.1) is 5.92 Å². The van der Waals surface area contributed by atoms with Gasteiger partial charge in [0.1, 0.15) is 0 Å². The summed E-state index contributed by atoms with van der Waals surface area (Å²) < 4.78 is 11.9. The Morgan fingerprint density at radius 3 is 2.33 bits per heavy atom. The molecule has 0 aromatic carbocycles. The quantitative estimate of drug-likeness (QED) is 0.537. The second-order valence-corrected chi connectivity index (χ2v) is 11.3. The Morgan fingerprint density at radius 1 is 1.14 bits per heavy atom. The topological polar surface area (TPSA) is 21.7 Å². The van der Waals surface area contributed by atoms with Crippen LogP contribution in [0.2, 0.25) is 18.6 Å². The minimum atomic E-state index is -1.52. The van der Waals surface area contributed by atoms with Crippen LogP contribution < -0.4 is 0 Å². The van der Waals surface area contributed by atoms with E-state index in [1.807, 2.05) is 0 Å². The smallest absolute Gasteiger partial charge is 0.247 e. The molecule has 1 aliphatic heterocycles. The average Bonchev–Trinajstić information content (AvgIpc) is 2.57. The van der Waals surface area contributed by atoms with Crippen molar-refractivity contribution in [3.63, 3.8) is 0 Å². The van der Waals surface area contributed by atoms with Crippen LogP contribution in [-0.2, 0) is 9.16 Å². The van der Waals surface area contributed by atoms with Crippen molar-refractivity contribution in [2.75, 3.05) is 26.3 Å². The number of hydrogen-bond acceptors (Lipinski definition) is 3. The number of ether oxygens (including phenoxy) is 1. The van der Waals surface area contributed by atoms with E-state index in [9.17, 15) is 0 Å². The molecule has 122 valence electrons. The lowest BCUT2D eigenvalue weighted by atomic mass is 9.86. The third kappa shape index (κ3) is 4.75. The highest BCUT2D eigenvalue weighted by Gasteiger charge is 2.28. The van der Waals surface area contributed by atoms with Crippen molar-refractivity contribution in [2.45, 2.75) is 64.6 Å². The summed E-state index contributed by atoms with van der Waals surface area (Å²) in [4.78, 5) is 2.53. The fraction of sp³-hybridized carbons (Fsp3) is 0.882. The van der Waals surface area contributed by atoms with E-state index in [-0.39, 0.29) is 0 Å². The zero-order chi connectivity index (χ0) is 15.1. The molecule has 21 heavy (non-hydrogen) atoms. The van der Waals surface area contributed by atoms with Gasteiger partial charge >= 0.3 is 0 Å². The highest BCUT2D eigenvalue weighted by molar-refractivity contribution is 6.72. The minimum Gasteiger partial charge on any atom is -0.548 e. The molecule has 0 unspecified atom stereocenters. The molecule has 0 spiro atoms. The van der Waals surface area contributed by atoms with E-state index in [1.54, 1.807) is 0 Å². The molecule has 0 atom stereocenters. The zero-order valence-corrected chi connectivity index (χ0v) is 15.2. The van der Waals surface area contributed by atoms with Crippen LogP contribution in [0.25, 0.3) is 0 Å². The summed E-state index contributed by atoms with van der Waals surface area (Å²) in [5, 5.41) is 0. The lowest BCUT2D eigenvalue weighted by Gasteiger charge is -2.37. The normalized spacial score (nSPS) is 22.4. The Balaban J connectivity index is 2.09. The molecule has 4 heteroatoms. The van der Waals surface area contributed by atoms with Crippen molar-refractivity contribution >= 4 is 8.32 Å². The molecule has 1 saturated carbocycles. The lowest BCUT2D eigenvalue weighted by molar-refractivity contribution is 0.0454. The molecule has 0 N–H and O–H groups in total. The zero-order valence-electron chi connectivity index (χ0n) is 14.2. The fourth-order valence-corrected chi connectivity index (χ4v) is 4.51. The number of allylic oxidation sites excluding steroid dienone is 1. The lowest BCUT2D eigenvalue weighted by Crippen LogP contribution is -2.39. The number of hydrogen-bond donors (Lipinski definition) is 0. The minimum absolute atomic E-state index is 0.712. The van der Waals surface area contributed by atoms with Crippen molar-refractivity contribution in [1.82, 2.24) is 4.90 Å². The summed E-state index contributed by atoms with van der Waals surface area (Å²) >= 11 is 0. The van der Waals surface area contributed by atoms with E-state index in [1.165, 1.54) is 49.9 Å². The van der Waals surface area contributed by atoms with Gasteiger partial charge in [-0.25, -0.2) is 0 Å². The maximum absolute atomic E-state index is 6.39. The van der Waals surface area contributed by atoms with Crippen LogP contribution in [0.4, 0.5) is 0 Å². The fourth-order valence-electron chi connectivity index (χ4n) is 3.27. The first-order chi connectivity index (χ1) is 10.2. The van der Waals surface area contributed by atoms with Crippen LogP contribution in [0.15, 0.2) is 12.0 Å². The second kappa shape index (κ2) is 8.23. The summed E-state index contributed by atoms with van der Waals surface area (Å²) in [7, 11) is -1.52. The Labute approximate surface area is 131 Å². The van der Waals surface area contributed by atoms with Crippen LogP contribution in [-0.4, -0.2) is 39.5 Å². The van der Waals surface area contributed by atoms with Gasteiger partial charge in [-0.15, -0.1) is 0 Å². The van der Waals surface area contributed by atoms with Gasteiger partial charge in [-0.2, -0.15) is 0 Å². The largest absolute Gasteiger partial charge is 0.548 e. The van der Waals surface area contributed by atoms with Crippen LogP contribution in [0.1, 0.15) is 46.0 Å². The first-order valence-corrected chi connectivity index (χ1v) is 11.7. The van der Waals surface area contributed by atoms with Crippen molar-refractivity contribution in [3.8, 4) is 0 Å². The molecular formula is C17H33NO2Si. The second-order valence-electron chi connectivity index (χ2n) is 6.75. The SMILES string of the molecule is CC[Si](C)(CC)O/C=C(/C1CCCCC1)N1CCOCC1. The van der Waals surface area contributed by atoms with Gasteiger partial charge in [-0.05, 0) is 31.5 Å². The van der Waals surface area contributed by atoms with E-state index in [0.29, 0.717) is 5.92 Å². The van der Waals surface area contributed by atoms with Gasteiger partial charge in [0.25, 0.3) is 0 Å². The summed E-state index contributed by atoms with van der Waals surface area (Å²) in [6, 6.07) is 2.39. The molecule has 2 aliphatic rings. The van der Waals surface area contributed by atoms with E-state index in [0.717, 1.165) is 26.3 Å². The summed E-state index contributed by atoms with van der Waals surface area (Å²) in [6.45, 7) is 10.7. The van der Waals surface area contributed by atoms with E-state index in [2.05, 4.69) is 31.6 Å². The highest BCUT2D eigenvalue weighted by Crippen LogP contribution is 2.32. The van der Waals surface area contributed by atoms with Gasteiger partial charge < -0.3 is 14.1 Å². The van der Waals surface area contributed by atoms with Crippen LogP contribution in [0.5, 0.6) is 0 Å². The van der Waals surface area contributed by atoms with E-state index in [4.69, 9.17) is 9.16 Å². The van der Waals surface area contributed by atoms with Crippen molar-refractivity contribution in [1.29, 1.82) is 0 Å². The van der Waals surface area contributed by atoms with Crippen molar-refractivity contribution in [3.05, 3.63) is 12.0 Å². The standard InChI is InChI=1S/C17H33NO2Si/c1-4-21(3,5-2)20-15-17(16-9-7-6-8-10-16)18-11-13-19-14-12-18/h15-16H,4-14H2,1-3H3/b17-15-. The molecular weight excluding hydrogens is 278 g/mol. The van der Waals surface area contributed by atoms with Crippen LogP contribution >= 0.6 is 0 Å². The molecule has 0 aromatic heterocycles. The number of rotatable bonds is 6. The molecule has 0 radical (unpaired) electrons. The molecule has 2 rings (SSSR count). The molecule has 0 aromatic rings. The van der Waals surface area contributed by atoms with Crippen LogP contribution in [0.3, 0.4) is 0 Å². The monoisotopic (exact) mass is 311 g/mol. The molecule has 2 fully saturated rings. The van der Waals surface area contributed by atoms with Gasteiger partial charge in [0.05, 0.1) is 25.2 Å². The molecule has 0 bridgehead atoms. The van der Waals surface area contributed by atoms with Gasteiger partial charge in [0, 0.05) is 19.0 Å². The summed E-state index contributed by atoms with van der Waals surface area (Å²) in [5.74, 6) is 0.712. The molecule has 1 aliphatic carbocycles. The Kier molecular flexibility index (Phi) is 6.61. The Morgan fingerprint density at radius 2 is 1.76 bits per heavy atom. The molecule has 3 nitrogen and oxygen atoms in total. The summed E-state index contributed by atoms with van der Waals surface area (Å²) in [6.07, 6.45) is 9.00. The van der Waals surface area contributed by atoms with Gasteiger partial charge in [0.2, 0.25) is 8.32 Å². The van der Waals surface area contributed by atoms with Gasteiger partial charge in [-0.1, -0.05) is 33.1 Å². The maximum Gasteiger partial charge on any atom is 0.247 e. The van der Waals surface area contributed by atoms with Gasteiger partial charge in [-0.3, -0.25) is 0 Å².